The number of aryl methyl sites for hydroxylation is 1. The summed E-state index contributed by atoms with van der Waals surface area (Å²) in [5.41, 5.74) is 3.14. The van der Waals surface area contributed by atoms with Gasteiger partial charge in [-0.3, -0.25) is 0 Å². The molecule has 1 aromatic rings. The molecule has 0 bridgehead atoms. The zero-order valence-corrected chi connectivity index (χ0v) is 12.1. The van der Waals surface area contributed by atoms with Crippen LogP contribution in [0.4, 0.5) is 0 Å². The van der Waals surface area contributed by atoms with E-state index in [0.29, 0.717) is 11.3 Å². The standard InChI is InChI=1S/C13H20.C3H8/c1-10-6-8-12(9-7-10)11(2)13(3,4)5;1-3-2/h6-9,11H,1-5H3;3H2,1-2H3. The van der Waals surface area contributed by atoms with Crippen LogP contribution in [0.1, 0.15) is 65.0 Å². The molecule has 0 N–H and O–H groups in total. The Morgan fingerprint density at radius 1 is 1.00 bits per heavy atom. The van der Waals surface area contributed by atoms with Crippen LogP contribution >= 0.6 is 0 Å². The van der Waals surface area contributed by atoms with Crippen LogP contribution in [0.15, 0.2) is 24.3 Å². The molecule has 0 radical (unpaired) electrons. The van der Waals surface area contributed by atoms with Crippen molar-refractivity contribution in [1.82, 2.24) is 0 Å². The molecule has 92 valence electrons. The van der Waals surface area contributed by atoms with E-state index in [9.17, 15) is 0 Å². The monoisotopic (exact) mass is 220 g/mol. The molecule has 1 aromatic carbocycles. The van der Waals surface area contributed by atoms with Crippen molar-refractivity contribution < 1.29 is 0 Å². The minimum absolute atomic E-state index is 0.356. The predicted molar refractivity (Wildman–Crippen MR) is 75.0 cm³/mol. The quantitative estimate of drug-likeness (QED) is 0.581. The van der Waals surface area contributed by atoms with Crippen LogP contribution < -0.4 is 0 Å². The topological polar surface area (TPSA) is 0 Å². The Kier molecular flexibility index (Phi) is 6.40. The van der Waals surface area contributed by atoms with Crippen LogP contribution in [-0.2, 0) is 0 Å². The summed E-state index contributed by atoms with van der Waals surface area (Å²) < 4.78 is 0. The number of hydrogen-bond acceptors (Lipinski definition) is 0. The van der Waals surface area contributed by atoms with E-state index < -0.39 is 0 Å². The summed E-state index contributed by atoms with van der Waals surface area (Å²) in [6, 6.07) is 8.87. The Morgan fingerprint density at radius 2 is 1.38 bits per heavy atom. The lowest BCUT2D eigenvalue weighted by molar-refractivity contribution is 0.339. The van der Waals surface area contributed by atoms with Gasteiger partial charge in [0.05, 0.1) is 0 Å². The molecule has 1 rings (SSSR count). The average molecular weight is 220 g/mol. The molecule has 0 saturated carbocycles. The molecule has 0 fully saturated rings. The lowest BCUT2D eigenvalue weighted by Crippen LogP contribution is -2.15. The molecule has 0 nitrogen and oxygen atoms in total. The second-order valence-electron chi connectivity index (χ2n) is 5.71. The SMILES string of the molecule is CCC.Cc1ccc(C(C)C(C)(C)C)cc1. The normalized spacial score (nSPS) is 12.7. The van der Waals surface area contributed by atoms with E-state index in [2.05, 4.69) is 72.7 Å². The van der Waals surface area contributed by atoms with Gasteiger partial charge in [0.25, 0.3) is 0 Å². The summed E-state index contributed by atoms with van der Waals surface area (Å²) in [5.74, 6) is 0.619. The zero-order valence-electron chi connectivity index (χ0n) is 12.1. The first-order valence-corrected chi connectivity index (χ1v) is 6.39. The fraction of sp³-hybridized carbons (Fsp3) is 0.625. The summed E-state index contributed by atoms with van der Waals surface area (Å²) >= 11 is 0. The minimum Gasteiger partial charge on any atom is -0.0656 e. The zero-order chi connectivity index (χ0) is 12.8. The van der Waals surface area contributed by atoms with E-state index in [0.717, 1.165) is 0 Å². The smallest absolute Gasteiger partial charge is 0.0142 e. The summed E-state index contributed by atoms with van der Waals surface area (Å²) in [4.78, 5) is 0. The van der Waals surface area contributed by atoms with E-state index in [4.69, 9.17) is 0 Å². The van der Waals surface area contributed by atoms with Gasteiger partial charge in [0.1, 0.15) is 0 Å². The van der Waals surface area contributed by atoms with Gasteiger partial charge in [-0.1, -0.05) is 77.8 Å². The van der Waals surface area contributed by atoms with E-state index in [1.807, 2.05) is 0 Å². The van der Waals surface area contributed by atoms with E-state index in [1.165, 1.54) is 17.5 Å². The highest BCUT2D eigenvalue weighted by Gasteiger charge is 2.20. The molecule has 16 heavy (non-hydrogen) atoms. The highest BCUT2D eigenvalue weighted by atomic mass is 14.3. The summed E-state index contributed by atoms with van der Waals surface area (Å²) in [6.07, 6.45) is 1.25. The van der Waals surface area contributed by atoms with Crippen LogP contribution in [-0.4, -0.2) is 0 Å². The van der Waals surface area contributed by atoms with Gasteiger partial charge in [0.15, 0.2) is 0 Å². The third kappa shape index (κ3) is 5.34. The Hall–Kier alpha value is -0.780. The maximum Gasteiger partial charge on any atom is -0.0142 e. The maximum atomic E-state index is 2.30. The van der Waals surface area contributed by atoms with Gasteiger partial charge in [-0.15, -0.1) is 0 Å². The Morgan fingerprint density at radius 3 is 1.69 bits per heavy atom. The average Bonchev–Trinajstić information content (AvgIpc) is 2.18. The van der Waals surface area contributed by atoms with Crippen LogP contribution in [0.2, 0.25) is 0 Å². The molecular weight excluding hydrogens is 192 g/mol. The highest BCUT2D eigenvalue weighted by molar-refractivity contribution is 5.25. The first-order valence-electron chi connectivity index (χ1n) is 6.39. The largest absolute Gasteiger partial charge is 0.0656 e. The van der Waals surface area contributed by atoms with Gasteiger partial charge in [-0.2, -0.15) is 0 Å². The summed E-state index contributed by atoms with van der Waals surface area (Å²) in [6.45, 7) is 15.5. The fourth-order valence-corrected chi connectivity index (χ4v) is 1.36. The fourth-order valence-electron chi connectivity index (χ4n) is 1.36. The van der Waals surface area contributed by atoms with Crippen LogP contribution in [0.3, 0.4) is 0 Å². The van der Waals surface area contributed by atoms with Crippen molar-refractivity contribution in [2.24, 2.45) is 5.41 Å². The predicted octanol–water partition coefficient (Wildman–Crippen LogP) is 5.56. The van der Waals surface area contributed by atoms with Gasteiger partial charge in [-0.05, 0) is 23.8 Å². The second-order valence-corrected chi connectivity index (χ2v) is 5.71. The summed E-state index contributed by atoms with van der Waals surface area (Å²) in [7, 11) is 0. The van der Waals surface area contributed by atoms with Crippen LogP contribution in [0, 0.1) is 12.3 Å². The van der Waals surface area contributed by atoms with Gasteiger partial charge in [0, 0.05) is 0 Å². The molecule has 0 aliphatic rings. The Balaban J connectivity index is 0.000000673. The van der Waals surface area contributed by atoms with Gasteiger partial charge in [0.2, 0.25) is 0 Å². The third-order valence-electron chi connectivity index (χ3n) is 2.88. The lowest BCUT2D eigenvalue weighted by Gasteiger charge is -2.27. The van der Waals surface area contributed by atoms with Crippen molar-refractivity contribution in [2.45, 2.75) is 60.8 Å². The van der Waals surface area contributed by atoms with Crippen molar-refractivity contribution in [3.05, 3.63) is 35.4 Å². The molecule has 0 heteroatoms. The van der Waals surface area contributed by atoms with Crippen molar-refractivity contribution in [1.29, 1.82) is 0 Å². The molecule has 1 unspecified atom stereocenters. The molecule has 0 aromatic heterocycles. The first-order chi connectivity index (χ1) is 7.32. The Labute approximate surface area is 102 Å². The van der Waals surface area contributed by atoms with Gasteiger partial charge < -0.3 is 0 Å². The van der Waals surface area contributed by atoms with Crippen molar-refractivity contribution in [3.63, 3.8) is 0 Å². The van der Waals surface area contributed by atoms with Crippen molar-refractivity contribution in [3.8, 4) is 0 Å². The number of rotatable bonds is 1. The van der Waals surface area contributed by atoms with E-state index in [-0.39, 0.29) is 0 Å². The van der Waals surface area contributed by atoms with Crippen LogP contribution in [0.25, 0.3) is 0 Å². The molecule has 0 heterocycles. The van der Waals surface area contributed by atoms with Gasteiger partial charge in [-0.25, -0.2) is 0 Å². The van der Waals surface area contributed by atoms with Gasteiger partial charge >= 0.3 is 0 Å². The maximum absolute atomic E-state index is 2.30. The minimum atomic E-state index is 0.356. The van der Waals surface area contributed by atoms with Crippen molar-refractivity contribution >= 4 is 0 Å². The van der Waals surface area contributed by atoms with Crippen molar-refractivity contribution in [2.75, 3.05) is 0 Å². The number of benzene rings is 1. The first kappa shape index (κ1) is 15.2. The molecule has 0 aliphatic heterocycles. The molecule has 0 spiro atoms. The van der Waals surface area contributed by atoms with E-state index >= 15 is 0 Å². The molecule has 0 aliphatic carbocycles. The second kappa shape index (κ2) is 6.73. The Bertz CT molecular complexity index is 274. The summed E-state index contributed by atoms with van der Waals surface area (Å²) in [5, 5.41) is 0. The molecule has 1 atom stereocenters. The third-order valence-corrected chi connectivity index (χ3v) is 2.88. The molecule has 0 amide bonds. The molecular formula is C16H28. The highest BCUT2D eigenvalue weighted by Crippen LogP contribution is 2.34. The lowest BCUT2D eigenvalue weighted by atomic mass is 9.78. The van der Waals surface area contributed by atoms with Crippen LogP contribution in [0.5, 0.6) is 0 Å². The number of hydrogen-bond donors (Lipinski definition) is 0. The molecule has 0 saturated heterocycles. The van der Waals surface area contributed by atoms with E-state index in [1.54, 1.807) is 0 Å².